The van der Waals surface area contributed by atoms with E-state index in [2.05, 4.69) is 47.8 Å². The quantitative estimate of drug-likeness (QED) is 0.901. The van der Waals surface area contributed by atoms with Gasteiger partial charge in [0.25, 0.3) is 0 Å². The van der Waals surface area contributed by atoms with Crippen molar-refractivity contribution in [3.8, 4) is 0 Å². The number of hydrogen-bond donors (Lipinski definition) is 1. The zero-order chi connectivity index (χ0) is 15.5. The average molecular weight is 290 g/mol. The predicted octanol–water partition coefficient (Wildman–Crippen LogP) is 2.02. The van der Waals surface area contributed by atoms with E-state index >= 15 is 0 Å². The molecule has 1 aromatic rings. The van der Waals surface area contributed by atoms with E-state index in [-0.39, 0.29) is 5.54 Å². The van der Waals surface area contributed by atoms with Crippen molar-refractivity contribution < 1.29 is 0 Å². The van der Waals surface area contributed by atoms with Crippen LogP contribution in [0.4, 0.5) is 0 Å². The lowest BCUT2D eigenvalue weighted by atomic mass is 9.85. The molecule has 1 aromatic heterocycles. The van der Waals surface area contributed by atoms with Crippen molar-refractivity contribution in [3.63, 3.8) is 0 Å². The molecule has 1 fully saturated rings. The molecule has 0 unspecified atom stereocenters. The lowest BCUT2D eigenvalue weighted by molar-refractivity contribution is 0.0291. The van der Waals surface area contributed by atoms with Crippen molar-refractivity contribution in [2.24, 2.45) is 5.73 Å². The van der Waals surface area contributed by atoms with Gasteiger partial charge in [0.2, 0.25) is 0 Å². The fourth-order valence-electron chi connectivity index (χ4n) is 3.30. The maximum Gasteiger partial charge on any atom is 0.0547 e. The van der Waals surface area contributed by atoms with Crippen molar-refractivity contribution in [1.29, 1.82) is 0 Å². The summed E-state index contributed by atoms with van der Waals surface area (Å²) in [6, 6.07) is 6.87. The van der Waals surface area contributed by atoms with Gasteiger partial charge < -0.3 is 10.6 Å². The maximum atomic E-state index is 6.16. The molecule has 0 spiro atoms. The van der Waals surface area contributed by atoms with Crippen molar-refractivity contribution >= 4 is 0 Å². The molecule has 0 bridgehead atoms. The van der Waals surface area contributed by atoms with Gasteiger partial charge in [-0.2, -0.15) is 0 Å². The molecule has 0 atom stereocenters. The Bertz CT molecular complexity index is 450. The van der Waals surface area contributed by atoms with Crippen LogP contribution in [0.2, 0.25) is 0 Å². The van der Waals surface area contributed by atoms with Gasteiger partial charge in [-0.3, -0.25) is 9.88 Å². The number of aryl methyl sites for hydroxylation is 1. The van der Waals surface area contributed by atoms with Crippen molar-refractivity contribution in [3.05, 3.63) is 29.6 Å². The highest BCUT2D eigenvalue weighted by Gasteiger charge is 2.37. The molecular weight excluding hydrogens is 260 g/mol. The first-order valence-corrected chi connectivity index (χ1v) is 8.05. The largest absolute Gasteiger partial charge is 0.329 e. The van der Waals surface area contributed by atoms with Crippen LogP contribution in [-0.2, 0) is 6.54 Å². The van der Waals surface area contributed by atoms with E-state index in [1.54, 1.807) is 0 Å². The van der Waals surface area contributed by atoms with Crippen molar-refractivity contribution in [1.82, 2.24) is 14.8 Å². The van der Waals surface area contributed by atoms with Gasteiger partial charge in [0.1, 0.15) is 0 Å². The molecule has 118 valence electrons. The second-order valence-corrected chi connectivity index (χ2v) is 6.68. The minimum atomic E-state index is 0.122. The number of nitrogens with two attached hydrogens (primary N) is 1. The molecular formula is C17H30N4. The summed E-state index contributed by atoms with van der Waals surface area (Å²) in [6.45, 7) is 10.5. The molecule has 21 heavy (non-hydrogen) atoms. The van der Waals surface area contributed by atoms with E-state index in [0.717, 1.165) is 50.4 Å². The molecule has 0 aliphatic carbocycles. The van der Waals surface area contributed by atoms with E-state index in [4.69, 9.17) is 5.73 Å². The molecule has 0 amide bonds. The van der Waals surface area contributed by atoms with Gasteiger partial charge in [-0.25, -0.2) is 0 Å². The molecule has 2 rings (SSSR count). The number of pyridine rings is 1. The molecule has 1 saturated heterocycles. The second kappa shape index (κ2) is 6.86. The summed E-state index contributed by atoms with van der Waals surface area (Å²) in [6.07, 6.45) is 2.29. The number of piperidine rings is 1. The van der Waals surface area contributed by atoms with Crippen LogP contribution in [-0.4, -0.2) is 53.0 Å². The zero-order valence-electron chi connectivity index (χ0n) is 14.0. The van der Waals surface area contributed by atoms with Crippen LogP contribution in [0.1, 0.15) is 38.1 Å². The number of rotatable bonds is 5. The third-order valence-electron chi connectivity index (χ3n) is 4.99. The molecule has 0 radical (unpaired) electrons. The molecule has 2 heterocycles. The molecule has 4 nitrogen and oxygen atoms in total. The molecule has 4 heteroatoms. The van der Waals surface area contributed by atoms with E-state index in [0.29, 0.717) is 6.04 Å². The van der Waals surface area contributed by atoms with Gasteiger partial charge in [0, 0.05) is 43.5 Å². The standard InChI is InChI=1S/C17H30N4/c1-14(2)21-10-8-17(13-18,9-11-21)20(4)12-16-7-5-6-15(3)19-16/h5-7,14H,8-13,18H2,1-4H3. The normalized spacial score (nSPS) is 19.4. The Kier molecular flexibility index (Phi) is 5.36. The zero-order valence-corrected chi connectivity index (χ0v) is 14.0. The van der Waals surface area contributed by atoms with Gasteiger partial charge in [-0.1, -0.05) is 6.07 Å². The van der Waals surface area contributed by atoms with E-state index in [1.165, 1.54) is 0 Å². The third kappa shape index (κ3) is 3.82. The Morgan fingerprint density at radius 1 is 1.33 bits per heavy atom. The first-order chi connectivity index (χ1) is 9.97. The van der Waals surface area contributed by atoms with Crippen LogP contribution < -0.4 is 5.73 Å². The summed E-state index contributed by atoms with van der Waals surface area (Å²) in [5, 5.41) is 0. The van der Waals surface area contributed by atoms with Gasteiger partial charge in [-0.05, 0) is 52.8 Å². The topological polar surface area (TPSA) is 45.4 Å². The summed E-state index contributed by atoms with van der Waals surface area (Å²) in [5.74, 6) is 0. The molecule has 1 aliphatic heterocycles. The van der Waals surface area contributed by atoms with Gasteiger partial charge in [0.15, 0.2) is 0 Å². The van der Waals surface area contributed by atoms with Crippen LogP contribution in [0, 0.1) is 6.92 Å². The van der Waals surface area contributed by atoms with Crippen LogP contribution >= 0.6 is 0 Å². The van der Waals surface area contributed by atoms with Crippen LogP contribution in [0.25, 0.3) is 0 Å². The molecule has 2 N–H and O–H groups in total. The highest BCUT2D eigenvalue weighted by atomic mass is 15.2. The first kappa shape index (κ1) is 16.4. The average Bonchev–Trinajstić information content (AvgIpc) is 2.47. The summed E-state index contributed by atoms with van der Waals surface area (Å²) < 4.78 is 0. The molecule has 1 aliphatic rings. The lowest BCUT2D eigenvalue weighted by Crippen LogP contribution is -2.58. The van der Waals surface area contributed by atoms with Crippen LogP contribution in [0.15, 0.2) is 18.2 Å². The fraction of sp³-hybridized carbons (Fsp3) is 0.706. The summed E-state index contributed by atoms with van der Waals surface area (Å²) in [7, 11) is 2.20. The van der Waals surface area contributed by atoms with Crippen LogP contribution in [0.5, 0.6) is 0 Å². The molecule has 0 aromatic carbocycles. The highest BCUT2D eigenvalue weighted by molar-refractivity contribution is 5.10. The SMILES string of the molecule is Cc1cccc(CN(C)C2(CN)CCN(C(C)C)CC2)n1. The number of aromatic nitrogens is 1. The van der Waals surface area contributed by atoms with E-state index < -0.39 is 0 Å². The smallest absolute Gasteiger partial charge is 0.0547 e. The van der Waals surface area contributed by atoms with Gasteiger partial charge in [-0.15, -0.1) is 0 Å². The molecule has 0 saturated carbocycles. The summed E-state index contributed by atoms with van der Waals surface area (Å²) in [5.41, 5.74) is 8.50. The monoisotopic (exact) mass is 290 g/mol. The van der Waals surface area contributed by atoms with Gasteiger partial charge in [0.05, 0.1) is 5.69 Å². The fourth-order valence-corrected chi connectivity index (χ4v) is 3.30. The van der Waals surface area contributed by atoms with E-state index in [9.17, 15) is 0 Å². The number of likely N-dealkylation sites (N-methyl/N-ethyl adjacent to an activating group) is 1. The first-order valence-electron chi connectivity index (χ1n) is 8.05. The lowest BCUT2D eigenvalue weighted by Gasteiger charge is -2.48. The van der Waals surface area contributed by atoms with Crippen molar-refractivity contribution in [2.75, 3.05) is 26.7 Å². The summed E-state index contributed by atoms with van der Waals surface area (Å²) in [4.78, 5) is 9.60. The maximum absolute atomic E-state index is 6.16. The number of nitrogens with zero attached hydrogens (tertiary/aromatic N) is 3. The highest BCUT2D eigenvalue weighted by Crippen LogP contribution is 2.29. The summed E-state index contributed by atoms with van der Waals surface area (Å²) >= 11 is 0. The van der Waals surface area contributed by atoms with Crippen molar-refractivity contribution in [2.45, 2.75) is 51.7 Å². The Morgan fingerprint density at radius 3 is 2.52 bits per heavy atom. The van der Waals surface area contributed by atoms with E-state index in [1.807, 2.05) is 13.0 Å². The minimum Gasteiger partial charge on any atom is -0.329 e. The number of likely N-dealkylation sites (tertiary alicyclic amines) is 1. The Balaban J connectivity index is 2.03. The van der Waals surface area contributed by atoms with Gasteiger partial charge >= 0.3 is 0 Å². The predicted molar refractivity (Wildman–Crippen MR) is 88.2 cm³/mol. The Morgan fingerprint density at radius 2 is 2.00 bits per heavy atom. The minimum absolute atomic E-state index is 0.122. The second-order valence-electron chi connectivity index (χ2n) is 6.68. The Hall–Kier alpha value is -0.970. The number of hydrogen-bond acceptors (Lipinski definition) is 4. The van der Waals surface area contributed by atoms with Crippen LogP contribution in [0.3, 0.4) is 0 Å². The third-order valence-corrected chi connectivity index (χ3v) is 4.99. The Labute approximate surface area is 129 Å².